The fraction of sp³-hybridized carbons (Fsp3) is 0.429. The molecule has 0 bridgehead atoms. The first-order chi connectivity index (χ1) is 13.3. The highest BCUT2D eigenvalue weighted by atomic mass is 79.9. The zero-order chi connectivity index (χ0) is 20.5. The van der Waals surface area contributed by atoms with Gasteiger partial charge in [0.1, 0.15) is 5.75 Å². The van der Waals surface area contributed by atoms with E-state index in [1.165, 1.54) is 12.2 Å². The lowest BCUT2D eigenvalue weighted by molar-refractivity contribution is -0.193. The number of fused-ring (bicyclic) bond motifs is 1. The molecular weight excluding hydrogens is 442 g/mol. The Labute approximate surface area is 175 Å². The number of sulfone groups is 1. The molecule has 28 heavy (non-hydrogen) atoms. The molecular formula is C21H26BrNO4S. The summed E-state index contributed by atoms with van der Waals surface area (Å²) in [5.41, 5.74) is 0.523. The summed E-state index contributed by atoms with van der Waals surface area (Å²) in [7, 11) is -2.14. The van der Waals surface area contributed by atoms with E-state index in [2.05, 4.69) is 15.9 Å². The van der Waals surface area contributed by atoms with Crippen molar-refractivity contribution in [1.29, 1.82) is 0 Å². The van der Waals surface area contributed by atoms with E-state index in [-0.39, 0.29) is 10.6 Å². The zero-order valence-electron chi connectivity index (χ0n) is 16.4. The SMILES string of the molecule is CCC[C@]1(CC)CS(=O)(=O)c2cc(OC)c(Br)cc2[C@@H](c2ccccc2)N1O. The summed E-state index contributed by atoms with van der Waals surface area (Å²) in [6.07, 6.45) is 1.87. The first kappa shape index (κ1) is 21.3. The van der Waals surface area contributed by atoms with Crippen LogP contribution in [0, 0.1) is 0 Å². The summed E-state index contributed by atoms with van der Waals surface area (Å²) >= 11 is 3.47. The van der Waals surface area contributed by atoms with Crippen LogP contribution >= 0.6 is 15.9 Å². The van der Waals surface area contributed by atoms with Gasteiger partial charge in [-0.05, 0) is 46.0 Å². The van der Waals surface area contributed by atoms with Crippen LogP contribution in [0.2, 0.25) is 0 Å². The van der Waals surface area contributed by atoms with Crippen molar-refractivity contribution < 1.29 is 18.4 Å². The fourth-order valence-corrected chi connectivity index (χ4v) is 6.82. The van der Waals surface area contributed by atoms with Crippen molar-refractivity contribution in [2.75, 3.05) is 12.9 Å². The van der Waals surface area contributed by atoms with Gasteiger partial charge in [0.15, 0.2) is 9.84 Å². The van der Waals surface area contributed by atoms with Gasteiger partial charge in [-0.3, -0.25) is 0 Å². The van der Waals surface area contributed by atoms with Crippen LogP contribution in [0.5, 0.6) is 5.75 Å². The van der Waals surface area contributed by atoms with E-state index in [0.29, 0.717) is 28.6 Å². The van der Waals surface area contributed by atoms with Crippen LogP contribution in [0.3, 0.4) is 0 Å². The third kappa shape index (κ3) is 3.61. The number of hydrogen-bond acceptors (Lipinski definition) is 5. The zero-order valence-corrected chi connectivity index (χ0v) is 18.8. The molecule has 2 aromatic rings. The summed E-state index contributed by atoms with van der Waals surface area (Å²) in [6.45, 7) is 3.94. The normalized spacial score (nSPS) is 24.4. The van der Waals surface area contributed by atoms with Crippen molar-refractivity contribution in [2.45, 2.75) is 49.6 Å². The number of methoxy groups -OCH3 is 1. The van der Waals surface area contributed by atoms with Crippen molar-refractivity contribution in [2.24, 2.45) is 0 Å². The number of ether oxygens (including phenoxy) is 1. The predicted molar refractivity (Wildman–Crippen MR) is 113 cm³/mol. The highest BCUT2D eigenvalue weighted by Crippen LogP contribution is 2.46. The molecule has 7 heteroatoms. The second kappa shape index (κ2) is 8.14. The molecule has 0 unspecified atom stereocenters. The maximum atomic E-state index is 13.4. The Kier molecular flexibility index (Phi) is 6.20. The van der Waals surface area contributed by atoms with Gasteiger partial charge in [0, 0.05) is 6.07 Å². The van der Waals surface area contributed by atoms with Gasteiger partial charge in [0.05, 0.1) is 33.8 Å². The summed E-state index contributed by atoms with van der Waals surface area (Å²) in [6, 6.07) is 12.3. The Morgan fingerprint density at radius 2 is 1.93 bits per heavy atom. The van der Waals surface area contributed by atoms with E-state index in [9.17, 15) is 13.6 Å². The van der Waals surface area contributed by atoms with Crippen LogP contribution in [0.4, 0.5) is 0 Å². The van der Waals surface area contributed by atoms with Gasteiger partial charge in [-0.1, -0.05) is 50.6 Å². The number of halogens is 1. The predicted octanol–water partition coefficient (Wildman–Crippen LogP) is 4.97. The summed E-state index contributed by atoms with van der Waals surface area (Å²) in [5, 5.41) is 12.7. The van der Waals surface area contributed by atoms with Crippen molar-refractivity contribution in [3.8, 4) is 5.75 Å². The number of hydroxylamine groups is 2. The summed E-state index contributed by atoms with van der Waals surface area (Å²) in [5.74, 6) is 0.320. The molecule has 152 valence electrons. The van der Waals surface area contributed by atoms with Crippen LogP contribution in [0.1, 0.15) is 50.3 Å². The molecule has 2 atom stereocenters. The van der Waals surface area contributed by atoms with Gasteiger partial charge in [-0.15, -0.1) is 0 Å². The van der Waals surface area contributed by atoms with E-state index in [4.69, 9.17) is 4.74 Å². The molecule has 0 aromatic heterocycles. The first-order valence-corrected chi connectivity index (χ1v) is 11.9. The van der Waals surface area contributed by atoms with Crippen molar-refractivity contribution >= 4 is 25.8 Å². The number of rotatable bonds is 5. The Balaban J connectivity index is 2.36. The second-order valence-corrected chi connectivity index (χ2v) is 10.1. The van der Waals surface area contributed by atoms with E-state index in [1.54, 1.807) is 12.1 Å². The van der Waals surface area contributed by atoms with Crippen molar-refractivity contribution in [3.63, 3.8) is 0 Å². The standard InChI is InChI=1S/C21H26BrNO4S/c1-4-11-21(5-2)14-28(25,26)19-13-18(27-3)17(22)12-16(19)20(23(21)24)15-9-7-6-8-10-15/h6-10,12-13,20,24H,4-5,11,14H2,1-3H3/t20-,21-/m1/s1. The van der Waals surface area contributed by atoms with Gasteiger partial charge < -0.3 is 9.94 Å². The minimum Gasteiger partial charge on any atom is -0.496 e. The van der Waals surface area contributed by atoms with Crippen LogP contribution in [-0.2, 0) is 9.84 Å². The minimum atomic E-state index is -3.65. The Hall–Kier alpha value is -1.41. The van der Waals surface area contributed by atoms with E-state index in [1.807, 2.05) is 44.2 Å². The fourth-order valence-electron chi connectivity index (χ4n) is 4.14. The number of nitrogens with zero attached hydrogens (tertiary/aromatic N) is 1. The first-order valence-electron chi connectivity index (χ1n) is 9.43. The molecule has 1 aliphatic rings. The monoisotopic (exact) mass is 467 g/mol. The molecule has 5 nitrogen and oxygen atoms in total. The Bertz CT molecular complexity index is 948. The van der Waals surface area contributed by atoms with Crippen LogP contribution < -0.4 is 4.74 Å². The van der Waals surface area contributed by atoms with Crippen LogP contribution in [0.15, 0.2) is 51.8 Å². The lowest BCUT2D eigenvalue weighted by Crippen LogP contribution is -2.51. The smallest absolute Gasteiger partial charge is 0.180 e. The maximum Gasteiger partial charge on any atom is 0.180 e. The van der Waals surface area contributed by atoms with Crippen LogP contribution in [0.25, 0.3) is 0 Å². The molecule has 0 fully saturated rings. The molecule has 0 saturated carbocycles. The number of benzene rings is 2. The summed E-state index contributed by atoms with van der Waals surface area (Å²) in [4.78, 5) is 0.215. The average molecular weight is 468 g/mol. The number of hydrogen-bond donors (Lipinski definition) is 1. The van der Waals surface area contributed by atoms with E-state index in [0.717, 1.165) is 12.0 Å². The quantitative estimate of drug-likeness (QED) is 0.671. The third-order valence-corrected chi connectivity index (χ3v) is 8.15. The van der Waals surface area contributed by atoms with Crippen LogP contribution in [-0.4, -0.2) is 37.1 Å². The van der Waals surface area contributed by atoms with Gasteiger partial charge in [0.25, 0.3) is 0 Å². The molecule has 1 N–H and O–H groups in total. The van der Waals surface area contributed by atoms with Crippen molar-refractivity contribution in [3.05, 3.63) is 58.1 Å². The van der Waals surface area contributed by atoms with Gasteiger partial charge >= 0.3 is 0 Å². The lowest BCUT2D eigenvalue weighted by Gasteiger charge is -2.41. The molecule has 1 heterocycles. The second-order valence-electron chi connectivity index (χ2n) is 7.27. The highest BCUT2D eigenvalue weighted by molar-refractivity contribution is 9.10. The van der Waals surface area contributed by atoms with Gasteiger partial charge in [-0.25, -0.2) is 8.42 Å². The molecule has 1 aliphatic heterocycles. The largest absolute Gasteiger partial charge is 0.496 e. The molecule has 0 amide bonds. The van der Waals surface area contributed by atoms with Crippen molar-refractivity contribution in [1.82, 2.24) is 5.06 Å². The topological polar surface area (TPSA) is 66.8 Å². The molecule has 0 spiro atoms. The van der Waals surface area contributed by atoms with Gasteiger partial charge in [0.2, 0.25) is 0 Å². The molecule has 2 aromatic carbocycles. The highest BCUT2D eigenvalue weighted by Gasteiger charge is 2.47. The maximum absolute atomic E-state index is 13.4. The molecule has 0 saturated heterocycles. The molecule has 0 radical (unpaired) electrons. The molecule has 0 aliphatic carbocycles. The van der Waals surface area contributed by atoms with Gasteiger partial charge in [-0.2, -0.15) is 5.06 Å². The summed E-state index contributed by atoms with van der Waals surface area (Å²) < 4.78 is 32.9. The minimum absolute atomic E-state index is 0.137. The van der Waals surface area contributed by atoms with E-state index < -0.39 is 21.4 Å². The Morgan fingerprint density at radius 1 is 1.25 bits per heavy atom. The van der Waals surface area contributed by atoms with E-state index >= 15 is 0 Å². The molecule has 3 rings (SSSR count). The third-order valence-electron chi connectivity index (χ3n) is 5.59. The average Bonchev–Trinajstić information content (AvgIpc) is 2.74. The lowest BCUT2D eigenvalue weighted by atomic mass is 9.88. The Morgan fingerprint density at radius 3 is 2.50 bits per heavy atom.